The van der Waals surface area contributed by atoms with Crippen molar-refractivity contribution >= 4 is 17.7 Å². The van der Waals surface area contributed by atoms with E-state index in [4.69, 9.17) is 0 Å². The molecular weight excluding hydrogens is 363 g/mol. The quantitative estimate of drug-likeness (QED) is 0.647. The highest BCUT2D eigenvalue weighted by molar-refractivity contribution is 7.99. The number of carbonyl (C=O) groups excluding carboxylic acids is 1. The van der Waals surface area contributed by atoms with Crippen LogP contribution < -0.4 is 5.32 Å². The summed E-state index contributed by atoms with van der Waals surface area (Å²) in [6, 6.07) is 13.2. The smallest absolute Gasteiger partial charge is 0.251 e. The number of nitrogens with zero attached hydrogens (tertiary/aromatic N) is 3. The fourth-order valence-electron chi connectivity index (χ4n) is 2.78. The standard InChI is InChI=1S/C20H21FN4OS/c1-4-27-20-24-23-18(25(20)3)13(2)22-19(26)16-7-5-6-15(12-16)14-8-10-17(21)11-9-14/h5-13H,4H2,1-3H3,(H,22,26)/t13-/m0/s1. The highest BCUT2D eigenvalue weighted by Gasteiger charge is 2.18. The van der Waals surface area contributed by atoms with E-state index in [1.165, 1.54) is 12.1 Å². The summed E-state index contributed by atoms with van der Waals surface area (Å²) in [5.74, 6) is 1.13. The molecule has 0 radical (unpaired) electrons. The van der Waals surface area contributed by atoms with Gasteiger partial charge in [-0.25, -0.2) is 4.39 Å². The van der Waals surface area contributed by atoms with Gasteiger partial charge in [0, 0.05) is 12.6 Å². The van der Waals surface area contributed by atoms with Gasteiger partial charge in [-0.15, -0.1) is 10.2 Å². The van der Waals surface area contributed by atoms with Gasteiger partial charge in [0.05, 0.1) is 6.04 Å². The van der Waals surface area contributed by atoms with Crippen LogP contribution >= 0.6 is 11.8 Å². The van der Waals surface area contributed by atoms with Crippen LogP contribution in [0.15, 0.2) is 53.7 Å². The lowest BCUT2D eigenvalue weighted by molar-refractivity contribution is 0.0937. The van der Waals surface area contributed by atoms with Crippen LogP contribution in [0.25, 0.3) is 11.1 Å². The van der Waals surface area contributed by atoms with Crippen molar-refractivity contribution in [1.29, 1.82) is 0 Å². The Labute approximate surface area is 162 Å². The Hall–Kier alpha value is -2.67. The highest BCUT2D eigenvalue weighted by atomic mass is 32.2. The first-order valence-electron chi connectivity index (χ1n) is 8.68. The number of benzene rings is 2. The van der Waals surface area contributed by atoms with Crippen molar-refractivity contribution in [3.05, 3.63) is 65.7 Å². The summed E-state index contributed by atoms with van der Waals surface area (Å²) in [6.45, 7) is 3.93. The van der Waals surface area contributed by atoms with Gasteiger partial charge in [0.15, 0.2) is 11.0 Å². The highest BCUT2D eigenvalue weighted by Crippen LogP contribution is 2.22. The molecule has 0 fully saturated rings. The monoisotopic (exact) mass is 384 g/mol. The minimum Gasteiger partial charge on any atom is -0.342 e. The van der Waals surface area contributed by atoms with Crippen LogP contribution in [-0.4, -0.2) is 26.4 Å². The average Bonchev–Trinajstić information content (AvgIpc) is 3.03. The van der Waals surface area contributed by atoms with Crippen molar-refractivity contribution in [1.82, 2.24) is 20.1 Å². The number of carbonyl (C=O) groups is 1. The Morgan fingerprint density at radius 3 is 2.63 bits per heavy atom. The molecule has 0 bridgehead atoms. The Morgan fingerprint density at radius 2 is 1.93 bits per heavy atom. The minimum atomic E-state index is -0.286. The molecule has 1 atom stereocenters. The van der Waals surface area contributed by atoms with Gasteiger partial charge in [-0.1, -0.05) is 43.0 Å². The lowest BCUT2D eigenvalue weighted by atomic mass is 10.0. The van der Waals surface area contributed by atoms with Gasteiger partial charge in [0.25, 0.3) is 5.91 Å². The van der Waals surface area contributed by atoms with Gasteiger partial charge in [-0.05, 0) is 48.1 Å². The number of amides is 1. The topological polar surface area (TPSA) is 59.8 Å². The van der Waals surface area contributed by atoms with Crippen molar-refractivity contribution < 1.29 is 9.18 Å². The molecule has 1 N–H and O–H groups in total. The summed E-state index contributed by atoms with van der Waals surface area (Å²) < 4.78 is 15.0. The van der Waals surface area contributed by atoms with Gasteiger partial charge in [0.2, 0.25) is 0 Å². The summed E-state index contributed by atoms with van der Waals surface area (Å²) in [7, 11) is 1.89. The third-order valence-electron chi connectivity index (χ3n) is 4.18. The fraction of sp³-hybridized carbons (Fsp3) is 0.250. The molecule has 2 aromatic carbocycles. The third kappa shape index (κ3) is 4.36. The Balaban J connectivity index is 1.76. The van der Waals surface area contributed by atoms with Gasteiger partial charge in [0.1, 0.15) is 5.82 Å². The molecule has 3 rings (SSSR count). The molecule has 7 heteroatoms. The molecule has 140 valence electrons. The maximum Gasteiger partial charge on any atom is 0.251 e. The van der Waals surface area contributed by atoms with Crippen LogP contribution in [0.5, 0.6) is 0 Å². The number of halogens is 1. The summed E-state index contributed by atoms with van der Waals surface area (Å²) >= 11 is 1.61. The first-order valence-corrected chi connectivity index (χ1v) is 9.67. The summed E-state index contributed by atoms with van der Waals surface area (Å²) in [4.78, 5) is 12.7. The Morgan fingerprint density at radius 1 is 1.19 bits per heavy atom. The van der Waals surface area contributed by atoms with Crippen LogP contribution in [0, 0.1) is 5.82 Å². The molecule has 1 heterocycles. The van der Waals surface area contributed by atoms with E-state index in [2.05, 4.69) is 22.4 Å². The molecule has 0 aliphatic rings. The number of thioether (sulfide) groups is 1. The van der Waals surface area contributed by atoms with Crippen LogP contribution in [0.3, 0.4) is 0 Å². The number of hydrogen-bond donors (Lipinski definition) is 1. The van der Waals surface area contributed by atoms with Crippen LogP contribution in [0.2, 0.25) is 0 Å². The number of hydrogen-bond acceptors (Lipinski definition) is 4. The van der Waals surface area contributed by atoms with Crippen molar-refractivity contribution in [2.45, 2.75) is 25.0 Å². The van der Waals surface area contributed by atoms with E-state index in [1.54, 1.807) is 36.0 Å². The number of aromatic nitrogens is 3. The SMILES string of the molecule is CCSc1nnc([C@H](C)NC(=O)c2cccc(-c3ccc(F)cc3)c2)n1C. The average molecular weight is 384 g/mol. The van der Waals surface area contributed by atoms with Crippen molar-refractivity contribution in [3.63, 3.8) is 0 Å². The molecule has 0 spiro atoms. The van der Waals surface area contributed by atoms with E-state index in [0.29, 0.717) is 11.4 Å². The van der Waals surface area contributed by atoms with E-state index in [-0.39, 0.29) is 17.8 Å². The normalized spacial score (nSPS) is 12.0. The van der Waals surface area contributed by atoms with Crippen molar-refractivity contribution in [2.75, 3.05) is 5.75 Å². The second-order valence-electron chi connectivity index (χ2n) is 6.12. The van der Waals surface area contributed by atoms with E-state index in [0.717, 1.165) is 22.0 Å². The molecule has 1 amide bonds. The zero-order valence-corrected chi connectivity index (χ0v) is 16.3. The van der Waals surface area contributed by atoms with E-state index in [9.17, 15) is 9.18 Å². The van der Waals surface area contributed by atoms with Gasteiger partial charge >= 0.3 is 0 Å². The fourth-order valence-corrected chi connectivity index (χ4v) is 3.43. The lowest BCUT2D eigenvalue weighted by Crippen LogP contribution is -2.28. The first-order chi connectivity index (χ1) is 13.0. The molecular formula is C20H21FN4OS. The third-order valence-corrected chi connectivity index (χ3v) is 5.08. The van der Waals surface area contributed by atoms with Crippen LogP contribution in [0.1, 0.15) is 36.1 Å². The summed E-state index contributed by atoms with van der Waals surface area (Å²) in [6.07, 6.45) is 0. The van der Waals surface area contributed by atoms with Crippen LogP contribution in [-0.2, 0) is 7.05 Å². The molecule has 0 saturated carbocycles. The Bertz CT molecular complexity index is 939. The van der Waals surface area contributed by atoms with Gasteiger partial charge in [-0.2, -0.15) is 0 Å². The number of nitrogens with one attached hydrogen (secondary N) is 1. The maximum absolute atomic E-state index is 13.1. The molecule has 0 aliphatic heterocycles. The number of rotatable bonds is 6. The van der Waals surface area contributed by atoms with Crippen molar-refractivity contribution in [2.24, 2.45) is 7.05 Å². The van der Waals surface area contributed by atoms with E-state index < -0.39 is 0 Å². The Kier molecular flexibility index (Phi) is 5.91. The maximum atomic E-state index is 13.1. The van der Waals surface area contributed by atoms with Gasteiger partial charge in [-0.3, -0.25) is 4.79 Å². The zero-order valence-electron chi connectivity index (χ0n) is 15.4. The van der Waals surface area contributed by atoms with Crippen molar-refractivity contribution in [3.8, 4) is 11.1 Å². The molecule has 0 aliphatic carbocycles. The molecule has 0 unspecified atom stereocenters. The van der Waals surface area contributed by atoms with E-state index in [1.807, 2.05) is 30.7 Å². The predicted octanol–water partition coefficient (Wildman–Crippen LogP) is 4.22. The van der Waals surface area contributed by atoms with Crippen LogP contribution in [0.4, 0.5) is 4.39 Å². The first kappa shape index (κ1) is 19.1. The van der Waals surface area contributed by atoms with E-state index >= 15 is 0 Å². The molecule has 1 aromatic heterocycles. The predicted molar refractivity (Wildman–Crippen MR) is 105 cm³/mol. The second-order valence-corrected chi connectivity index (χ2v) is 7.35. The zero-order chi connectivity index (χ0) is 19.4. The largest absolute Gasteiger partial charge is 0.342 e. The molecule has 27 heavy (non-hydrogen) atoms. The molecule has 0 saturated heterocycles. The molecule has 5 nitrogen and oxygen atoms in total. The summed E-state index contributed by atoms with van der Waals surface area (Å²) in [5, 5.41) is 12.1. The van der Waals surface area contributed by atoms with Gasteiger partial charge < -0.3 is 9.88 Å². The molecule has 3 aromatic rings. The lowest BCUT2D eigenvalue weighted by Gasteiger charge is -2.14. The second kappa shape index (κ2) is 8.35. The summed E-state index contributed by atoms with van der Waals surface area (Å²) in [5.41, 5.74) is 2.25. The minimum absolute atomic E-state index is 0.195.